The number of nitrogens with one attached hydrogen (secondary N) is 1. The summed E-state index contributed by atoms with van der Waals surface area (Å²) in [6.45, 7) is 5.69. The van der Waals surface area contributed by atoms with Gasteiger partial charge in [0.2, 0.25) is 0 Å². The van der Waals surface area contributed by atoms with Gasteiger partial charge in [-0.05, 0) is 66.8 Å². The zero-order valence-electron chi connectivity index (χ0n) is 12.3. The molecule has 5 nitrogen and oxygen atoms in total. The van der Waals surface area contributed by atoms with Gasteiger partial charge in [0, 0.05) is 24.3 Å². The lowest BCUT2D eigenvalue weighted by atomic mass is 10.1. The predicted molar refractivity (Wildman–Crippen MR) is 88.8 cm³/mol. The van der Waals surface area contributed by atoms with Crippen molar-refractivity contribution < 1.29 is 4.92 Å². The zero-order chi connectivity index (χ0) is 15.2. The summed E-state index contributed by atoms with van der Waals surface area (Å²) in [5, 5.41) is 14.3. The Labute approximate surface area is 134 Å². The van der Waals surface area contributed by atoms with Gasteiger partial charge >= 0.3 is 0 Å². The molecule has 1 aromatic carbocycles. The third-order valence-corrected chi connectivity index (χ3v) is 4.51. The molecule has 1 fully saturated rings. The van der Waals surface area contributed by atoms with E-state index in [4.69, 9.17) is 0 Å². The number of nitro groups is 1. The van der Waals surface area contributed by atoms with E-state index in [1.807, 2.05) is 0 Å². The molecule has 0 aromatic heterocycles. The van der Waals surface area contributed by atoms with Crippen LogP contribution in [-0.2, 0) is 0 Å². The van der Waals surface area contributed by atoms with Crippen LogP contribution in [0.4, 0.5) is 11.4 Å². The van der Waals surface area contributed by atoms with E-state index in [0.717, 1.165) is 25.1 Å². The van der Waals surface area contributed by atoms with Crippen molar-refractivity contribution >= 4 is 27.3 Å². The number of rotatable bonds is 5. The van der Waals surface area contributed by atoms with Crippen molar-refractivity contribution in [3.05, 3.63) is 32.8 Å². The molecule has 21 heavy (non-hydrogen) atoms. The van der Waals surface area contributed by atoms with Gasteiger partial charge in [-0.2, -0.15) is 0 Å². The number of nitrogens with zero attached hydrogens (tertiary/aromatic N) is 2. The molecule has 1 aliphatic heterocycles. The van der Waals surface area contributed by atoms with E-state index < -0.39 is 0 Å². The Morgan fingerprint density at radius 2 is 2.24 bits per heavy atom. The van der Waals surface area contributed by atoms with Crippen molar-refractivity contribution in [2.45, 2.75) is 38.6 Å². The third-order valence-electron chi connectivity index (χ3n) is 3.88. The van der Waals surface area contributed by atoms with Crippen LogP contribution in [0.1, 0.15) is 32.6 Å². The molecule has 0 spiro atoms. The van der Waals surface area contributed by atoms with Crippen LogP contribution >= 0.6 is 15.9 Å². The van der Waals surface area contributed by atoms with E-state index in [-0.39, 0.29) is 10.6 Å². The van der Waals surface area contributed by atoms with Crippen molar-refractivity contribution in [3.63, 3.8) is 0 Å². The number of anilines is 1. The standard InChI is InChI=1S/C15H22BrN3O2/c1-2-8-18-9-3-4-12(7-10-18)17-13-5-6-15(19(20)21)14(16)11-13/h5-6,11-12,17H,2-4,7-10H2,1H3. The number of likely N-dealkylation sites (tertiary alicyclic amines) is 1. The summed E-state index contributed by atoms with van der Waals surface area (Å²) in [4.78, 5) is 13.0. The summed E-state index contributed by atoms with van der Waals surface area (Å²) in [6.07, 6.45) is 4.67. The second-order valence-corrected chi connectivity index (χ2v) is 6.39. The van der Waals surface area contributed by atoms with Crippen LogP contribution in [0.15, 0.2) is 22.7 Å². The monoisotopic (exact) mass is 355 g/mol. The summed E-state index contributed by atoms with van der Waals surface area (Å²) in [5.41, 5.74) is 1.05. The summed E-state index contributed by atoms with van der Waals surface area (Å²) < 4.78 is 0.527. The molecule has 1 heterocycles. The van der Waals surface area contributed by atoms with Crippen molar-refractivity contribution in [1.82, 2.24) is 4.90 Å². The number of halogens is 1. The molecule has 0 radical (unpaired) electrons. The fourth-order valence-corrected chi connectivity index (χ4v) is 3.34. The van der Waals surface area contributed by atoms with Crippen LogP contribution < -0.4 is 5.32 Å². The van der Waals surface area contributed by atoms with Crippen molar-refractivity contribution in [2.75, 3.05) is 25.0 Å². The van der Waals surface area contributed by atoms with Crippen LogP contribution in [0.3, 0.4) is 0 Å². The summed E-state index contributed by atoms with van der Waals surface area (Å²) in [5.74, 6) is 0. The molecule has 116 valence electrons. The Balaban J connectivity index is 1.95. The minimum atomic E-state index is -0.373. The Morgan fingerprint density at radius 1 is 1.43 bits per heavy atom. The van der Waals surface area contributed by atoms with E-state index >= 15 is 0 Å². The number of hydrogen-bond donors (Lipinski definition) is 1. The van der Waals surface area contributed by atoms with E-state index in [2.05, 4.69) is 33.1 Å². The van der Waals surface area contributed by atoms with Crippen molar-refractivity contribution in [2.24, 2.45) is 0 Å². The molecule has 0 bridgehead atoms. The average molecular weight is 356 g/mol. The van der Waals surface area contributed by atoms with Crippen LogP contribution in [0.25, 0.3) is 0 Å². The molecule has 0 amide bonds. The van der Waals surface area contributed by atoms with Crippen LogP contribution in [0, 0.1) is 10.1 Å². The zero-order valence-corrected chi connectivity index (χ0v) is 13.9. The van der Waals surface area contributed by atoms with Gasteiger partial charge in [-0.15, -0.1) is 0 Å². The van der Waals surface area contributed by atoms with Gasteiger partial charge in [-0.3, -0.25) is 10.1 Å². The summed E-state index contributed by atoms with van der Waals surface area (Å²) in [6, 6.07) is 5.58. The topological polar surface area (TPSA) is 58.4 Å². The number of nitro benzene ring substituents is 1. The number of benzene rings is 1. The van der Waals surface area contributed by atoms with E-state index in [9.17, 15) is 10.1 Å². The van der Waals surface area contributed by atoms with Crippen LogP contribution in [0.2, 0.25) is 0 Å². The first-order valence-electron chi connectivity index (χ1n) is 7.53. The highest BCUT2D eigenvalue weighted by Crippen LogP contribution is 2.28. The smallest absolute Gasteiger partial charge is 0.283 e. The maximum absolute atomic E-state index is 10.8. The first kappa shape index (κ1) is 16.2. The Kier molecular flexibility index (Phi) is 5.99. The van der Waals surface area contributed by atoms with E-state index in [1.165, 1.54) is 25.9 Å². The maximum Gasteiger partial charge on any atom is 0.283 e. The average Bonchev–Trinajstić information content (AvgIpc) is 2.65. The largest absolute Gasteiger partial charge is 0.382 e. The predicted octanol–water partition coefficient (Wildman–Crippen LogP) is 4.03. The quantitative estimate of drug-likeness (QED) is 0.639. The molecular formula is C15H22BrN3O2. The second-order valence-electron chi connectivity index (χ2n) is 5.54. The highest BCUT2D eigenvalue weighted by Gasteiger charge is 2.17. The van der Waals surface area contributed by atoms with Crippen LogP contribution in [0.5, 0.6) is 0 Å². The van der Waals surface area contributed by atoms with Crippen molar-refractivity contribution in [3.8, 4) is 0 Å². The van der Waals surface area contributed by atoms with Gasteiger partial charge in [0.25, 0.3) is 5.69 Å². The molecule has 2 rings (SSSR count). The van der Waals surface area contributed by atoms with Gasteiger partial charge < -0.3 is 10.2 Å². The summed E-state index contributed by atoms with van der Waals surface area (Å²) >= 11 is 3.27. The normalized spacial score (nSPS) is 20.0. The third kappa shape index (κ3) is 4.68. The lowest BCUT2D eigenvalue weighted by Crippen LogP contribution is -2.27. The second kappa shape index (κ2) is 7.75. The highest BCUT2D eigenvalue weighted by atomic mass is 79.9. The lowest BCUT2D eigenvalue weighted by molar-refractivity contribution is -0.385. The Hall–Kier alpha value is -1.14. The van der Waals surface area contributed by atoms with Crippen molar-refractivity contribution in [1.29, 1.82) is 0 Å². The summed E-state index contributed by atoms with van der Waals surface area (Å²) in [7, 11) is 0. The minimum Gasteiger partial charge on any atom is -0.382 e. The molecule has 1 atom stereocenters. The molecule has 6 heteroatoms. The lowest BCUT2D eigenvalue weighted by Gasteiger charge is -2.20. The Bertz CT molecular complexity index is 496. The first-order valence-corrected chi connectivity index (χ1v) is 8.32. The van der Waals surface area contributed by atoms with Gasteiger partial charge in [-0.1, -0.05) is 6.92 Å². The molecule has 0 saturated carbocycles. The molecule has 0 aliphatic carbocycles. The van der Waals surface area contributed by atoms with Gasteiger partial charge in [-0.25, -0.2) is 0 Å². The molecule has 1 aliphatic rings. The maximum atomic E-state index is 10.8. The number of hydrogen-bond acceptors (Lipinski definition) is 4. The van der Waals surface area contributed by atoms with Gasteiger partial charge in [0.15, 0.2) is 0 Å². The SMILES string of the molecule is CCCN1CCCC(Nc2ccc([N+](=O)[O-])c(Br)c2)CC1. The Morgan fingerprint density at radius 3 is 2.90 bits per heavy atom. The molecule has 1 aromatic rings. The fraction of sp³-hybridized carbons (Fsp3) is 0.600. The molecule has 1 unspecified atom stereocenters. The van der Waals surface area contributed by atoms with E-state index in [1.54, 1.807) is 18.2 Å². The highest BCUT2D eigenvalue weighted by molar-refractivity contribution is 9.10. The molecule has 1 saturated heterocycles. The van der Waals surface area contributed by atoms with E-state index in [0.29, 0.717) is 10.5 Å². The fourth-order valence-electron chi connectivity index (χ4n) is 2.82. The first-order chi connectivity index (χ1) is 10.1. The van der Waals surface area contributed by atoms with Gasteiger partial charge in [0.05, 0.1) is 9.40 Å². The molecular weight excluding hydrogens is 334 g/mol. The molecule has 1 N–H and O–H groups in total. The van der Waals surface area contributed by atoms with Crippen LogP contribution in [-0.4, -0.2) is 35.5 Å². The van der Waals surface area contributed by atoms with Gasteiger partial charge in [0.1, 0.15) is 0 Å². The minimum absolute atomic E-state index is 0.107.